The highest BCUT2D eigenvalue weighted by molar-refractivity contribution is 6.00. The molecule has 2 aromatic carbocycles. The van der Waals surface area contributed by atoms with Gasteiger partial charge in [0.15, 0.2) is 12.4 Å². The van der Waals surface area contributed by atoms with Crippen molar-refractivity contribution in [3.8, 4) is 11.3 Å². The van der Waals surface area contributed by atoms with Crippen LogP contribution in [0, 0.1) is 0 Å². The van der Waals surface area contributed by atoms with Crippen LogP contribution >= 0.6 is 0 Å². The summed E-state index contributed by atoms with van der Waals surface area (Å²) in [7, 11) is 0. The van der Waals surface area contributed by atoms with E-state index in [2.05, 4.69) is 51.5 Å². The lowest BCUT2D eigenvalue weighted by Crippen LogP contribution is -3.13. The lowest BCUT2D eigenvalue weighted by atomic mass is 10.0. The number of aromatic nitrogens is 2. The number of anilines is 1. The third-order valence-corrected chi connectivity index (χ3v) is 6.61. The van der Waals surface area contributed by atoms with E-state index in [0.717, 1.165) is 67.1 Å². The van der Waals surface area contributed by atoms with Crippen LogP contribution in [-0.2, 0) is 4.79 Å². The topological polar surface area (TPSA) is 53.8 Å². The lowest BCUT2D eigenvalue weighted by molar-refractivity contribution is -0.897. The van der Waals surface area contributed by atoms with Crippen molar-refractivity contribution in [2.75, 3.05) is 50.7 Å². The molecule has 2 aliphatic heterocycles. The van der Waals surface area contributed by atoms with Crippen molar-refractivity contribution in [2.45, 2.75) is 19.3 Å². The normalized spacial score (nSPS) is 17.8. The van der Waals surface area contributed by atoms with Gasteiger partial charge in [-0.05, 0) is 19.3 Å². The molecule has 3 aromatic rings. The molecule has 6 heteroatoms. The molecular weight excluding hydrogens is 386 g/mol. The Kier molecular flexibility index (Phi) is 5.80. The zero-order valence-electron chi connectivity index (χ0n) is 18.0. The van der Waals surface area contributed by atoms with Gasteiger partial charge in [0.2, 0.25) is 0 Å². The Labute approximate surface area is 183 Å². The second-order valence-electron chi connectivity index (χ2n) is 8.64. The zero-order valence-corrected chi connectivity index (χ0v) is 18.0. The van der Waals surface area contributed by atoms with Crippen LogP contribution in [0.15, 0.2) is 54.6 Å². The number of fused-ring (bicyclic) bond motifs is 1. The van der Waals surface area contributed by atoms with Crippen molar-refractivity contribution in [3.05, 3.63) is 54.6 Å². The number of quaternary nitrogens is 1. The van der Waals surface area contributed by atoms with Gasteiger partial charge in [0.05, 0.1) is 13.1 Å². The molecule has 31 heavy (non-hydrogen) atoms. The van der Waals surface area contributed by atoms with Gasteiger partial charge in [-0.3, -0.25) is 4.79 Å². The van der Waals surface area contributed by atoms with Gasteiger partial charge < -0.3 is 14.7 Å². The molecule has 0 atom stereocenters. The van der Waals surface area contributed by atoms with Crippen LogP contribution in [-0.4, -0.2) is 66.8 Å². The molecule has 2 aliphatic rings. The number of nitrogens with one attached hydrogen (secondary N) is 1. The van der Waals surface area contributed by atoms with Crippen LogP contribution in [0.2, 0.25) is 0 Å². The van der Waals surface area contributed by atoms with Gasteiger partial charge >= 0.3 is 0 Å². The molecule has 1 N–H and O–H groups in total. The minimum atomic E-state index is 0.298. The summed E-state index contributed by atoms with van der Waals surface area (Å²) >= 11 is 0. The predicted molar refractivity (Wildman–Crippen MR) is 123 cm³/mol. The summed E-state index contributed by atoms with van der Waals surface area (Å²) in [5.74, 6) is 1.22. The first kappa shape index (κ1) is 19.9. The molecule has 5 rings (SSSR count). The minimum absolute atomic E-state index is 0.298. The fraction of sp³-hybridized carbons (Fsp3) is 0.400. The van der Waals surface area contributed by atoms with Crippen LogP contribution in [0.4, 0.5) is 5.82 Å². The summed E-state index contributed by atoms with van der Waals surface area (Å²) in [6, 6.07) is 18.6. The van der Waals surface area contributed by atoms with Crippen molar-refractivity contribution < 1.29 is 9.69 Å². The number of piperidine rings is 1. The highest BCUT2D eigenvalue weighted by Crippen LogP contribution is 2.31. The van der Waals surface area contributed by atoms with E-state index in [-0.39, 0.29) is 0 Å². The third-order valence-electron chi connectivity index (χ3n) is 6.61. The van der Waals surface area contributed by atoms with Crippen molar-refractivity contribution in [1.29, 1.82) is 0 Å². The molecule has 0 aliphatic carbocycles. The fourth-order valence-corrected chi connectivity index (χ4v) is 4.85. The molecule has 2 fully saturated rings. The average molecular weight is 417 g/mol. The third kappa shape index (κ3) is 4.26. The standard InChI is InChI=1S/C25H29N5O/c31-23(19-28-13-7-2-8-14-28)29-15-17-30(18-16-29)25-22-12-6-5-11-21(22)24(26-27-25)20-9-3-1-4-10-20/h1,3-6,9-12H,2,7-8,13-19H2/p+1. The smallest absolute Gasteiger partial charge is 0.277 e. The van der Waals surface area contributed by atoms with E-state index in [1.165, 1.54) is 24.2 Å². The summed E-state index contributed by atoms with van der Waals surface area (Å²) in [6.45, 7) is 6.02. The van der Waals surface area contributed by atoms with E-state index < -0.39 is 0 Å². The number of benzene rings is 2. The molecule has 160 valence electrons. The number of carbonyl (C=O) groups is 1. The molecule has 1 aromatic heterocycles. The van der Waals surface area contributed by atoms with Crippen molar-refractivity contribution in [2.24, 2.45) is 0 Å². The van der Waals surface area contributed by atoms with Gasteiger partial charge in [0, 0.05) is 42.5 Å². The molecule has 0 spiro atoms. The predicted octanol–water partition coefficient (Wildman–Crippen LogP) is 2.01. The van der Waals surface area contributed by atoms with Gasteiger partial charge in [-0.2, -0.15) is 0 Å². The molecule has 2 saturated heterocycles. The van der Waals surface area contributed by atoms with Crippen LogP contribution in [0.1, 0.15) is 19.3 Å². The number of amides is 1. The lowest BCUT2D eigenvalue weighted by Gasteiger charge is -2.36. The maximum Gasteiger partial charge on any atom is 0.277 e. The Morgan fingerprint density at radius 1 is 0.806 bits per heavy atom. The van der Waals surface area contributed by atoms with Crippen LogP contribution in [0.3, 0.4) is 0 Å². The minimum Gasteiger partial charge on any atom is -0.351 e. The van der Waals surface area contributed by atoms with E-state index >= 15 is 0 Å². The summed E-state index contributed by atoms with van der Waals surface area (Å²) in [5.41, 5.74) is 1.99. The monoisotopic (exact) mass is 416 g/mol. The van der Waals surface area contributed by atoms with Gasteiger partial charge in [0.25, 0.3) is 5.91 Å². The Morgan fingerprint density at radius 2 is 1.48 bits per heavy atom. The first-order chi connectivity index (χ1) is 15.3. The Hall–Kier alpha value is -2.99. The van der Waals surface area contributed by atoms with Crippen LogP contribution in [0.25, 0.3) is 22.0 Å². The summed E-state index contributed by atoms with van der Waals surface area (Å²) in [5, 5.41) is 11.5. The zero-order chi connectivity index (χ0) is 21.0. The Morgan fingerprint density at radius 3 is 2.23 bits per heavy atom. The molecule has 1 amide bonds. The number of rotatable bonds is 4. The first-order valence-corrected chi connectivity index (χ1v) is 11.5. The van der Waals surface area contributed by atoms with Crippen LogP contribution < -0.4 is 9.80 Å². The SMILES string of the molecule is O=C(C[NH+]1CCCCC1)N1CCN(c2nnc(-c3ccccc3)c3ccccc23)CC1. The summed E-state index contributed by atoms with van der Waals surface area (Å²) in [4.78, 5) is 18.5. The van der Waals surface area contributed by atoms with Gasteiger partial charge in [0.1, 0.15) is 5.69 Å². The molecule has 0 radical (unpaired) electrons. The molecule has 0 saturated carbocycles. The van der Waals surface area contributed by atoms with Gasteiger partial charge in [-0.15, -0.1) is 10.2 Å². The summed E-state index contributed by atoms with van der Waals surface area (Å²) in [6.07, 6.45) is 3.82. The Bertz CT molecular complexity index is 1040. The second-order valence-corrected chi connectivity index (χ2v) is 8.64. The molecule has 6 nitrogen and oxygen atoms in total. The highest BCUT2D eigenvalue weighted by Gasteiger charge is 2.27. The van der Waals surface area contributed by atoms with Crippen LogP contribution in [0.5, 0.6) is 0 Å². The fourth-order valence-electron chi connectivity index (χ4n) is 4.85. The molecule has 0 unspecified atom stereocenters. The molecule has 0 bridgehead atoms. The second kappa shape index (κ2) is 9.02. The molecule has 3 heterocycles. The maximum absolute atomic E-state index is 12.8. The first-order valence-electron chi connectivity index (χ1n) is 11.5. The highest BCUT2D eigenvalue weighted by atomic mass is 16.2. The van der Waals surface area contributed by atoms with E-state index in [1.54, 1.807) is 0 Å². The number of nitrogens with zero attached hydrogens (tertiary/aromatic N) is 4. The Balaban J connectivity index is 1.31. The van der Waals surface area contributed by atoms with E-state index in [1.807, 2.05) is 23.1 Å². The van der Waals surface area contributed by atoms with E-state index in [0.29, 0.717) is 12.5 Å². The molecular formula is C25H30N5O+. The summed E-state index contributed by atoms with van der Waals surface area (Å²) < 4.78 is 0. The van der Waals surface area contributed by atoms with Crippen molar-refractivity contribution in [3.63, 3.8) is 0 Å². The van der Waals surface area contributed by atoms with Gasteiger partial charge in [-0.25, -0.2) is 0 Å². The maximum atomic E-state index is 12.8. The van der Waals surface area contributed by atoms with Crippen molar-refractivity contribution >= 4 is 22.5 Å². The van der Waals surface area contributed by atoms with Gasteiger partial charge in [-0.1, -0.05) is 54.6 Å². The number of hydrogen-bond acceptors (Lipinski definition) is 4. The number of likely N-dealkylation sites (tertiary alicyclic amines) is 1. The van der Waals surface area contributed by atoms with Crippen molar-refractivity contribution in [1.82, 2.24) is 15.1 Å². The van der Waals surface area contributed by atoms with E-state index in [4.69, 9.17) is 0 Å². The number of piperazine rings is 1. The number of hydrogen-bond donors (Lipinski definition) is 1. The average Bonchev–Trinajstić information content (AvgIpc) is 2.85. The largest absolute Gasteiger partial charge is 0.351 e. The van der Waals surface area contributed by atoms with E-state index in [9.17, 15) is 4.79 Å². The number of carbonyl (C=O) groups excluding carboxylic acids is 1. The quantitative estimate of drug-likeness (QED) is 0.707.